The highest BCUT2D eigenvalue weighted by atomic mass is 32.1. The molecule has 1 N–H and O–H groups in total. The van der Waals surface area contributed by atoms with Gasteiger partial charge in [-0.05, 0) is 24.3 Å². The molecule has 1 aromatic rings. The topological polar surface area (TPSA) is 29.1 Å². The summed E-state index contributed by atoms with van der Waals surface area (Å²) in [5, 5.41) is 2.79. The number of thiol groups is 1. The smallest absolute Gasteiger partial charge is 0.233 e. The van der Waals surface area contributed by atoms with E-state index in [1.807, 2.05) is 30.3 Å². The third-order valence-corrected chi connectivity index (χ3v) is 4.57. The van der Waals surface area contributed by atoms with Gasteiger partial charge < -0.3 is 5.32 Å². The highest BCUT2D eigenvalue weighted by molar-refractivity contribution is 7.81. The van der Waals surface area contributed by atoms with Crippen LogP contribution < -0.4 is 5.32 Å². The van der Waals surface area contributed by atoms with E-state index in [0.29, 0.717) is 6.42 Å². The number of nitrogens with one attached hydrogen (secondary N) is 1. The number of carbonyl (C=O) groups excluding carboxylic acids is 1. The van der Waals surface area contributed by atoms with Crippen LogP contribution in [0, 0.1) is 5.92 Å². The molecule has 110 valence electrons. The van der Waals surface area contributed by atoms with Gasteiger partial charge in [-0.3, -0.25) is 4.79 Å². The normalized spacial score (nSPS) is 17.6. The summed E-state index contributed by atoms with van der Waals surface area (Å²) < 4.78 is 0. The number of amides is 1. The molecule has 3 heteroatoms. The fourth-order valence-corrected chi connectivity index (χ4v) is 3.23. The molecule has 1 unspecified atom stereocenters. The van der Waals surface area contributed by atoms with Gasteiger partial charge in [0.2, 0.25) is 5.91 Å². The standard InChI is InChI=1S/C17H25NOS/c19-17(16(20)13-15-9-5-2-6-10-15)18-12-11-14-7-3-1-4-8-14/h2,5-6,9-10,14,16,20H,1,3-4,7-8,11-13H2,(H,18,19). The van der Waals surface area contributed by atoms with Crippen LogP contribution in [0.2, 0.25) is 0 Å². The molecule has 0 spiro atoms. The lowest BCUT2D eigenvalue weighted by Gasteiger charge is -2.21. The predicted molar refractivity (Wildman–Crippen MR) is 87.1 cm³/mol. The second kappa shape index (κ2) is 8.35. The first-order chi connectivity index (χ1) is 9.75. The molecular formula is C17H25NOS. The number of hydrogen-bond donors (Lipinski definition) is 2. The molecule has 0 aliphatic heterocycles. The van der Waals surface area contributed by atoms with E-state index >= 15 is 0 Å². The monoisotopic (exact) mass is 291 g/mol. The first-order valence-electron chi connectivity index (χ1n) is 7.75. The molecule has 2 rings (SSSR count). The maximum Gasteiger partial charge on any atom is 0.233 e. The van der Waals surface area contributed by atoms with Crippen molar-refractivity contribution >= 4 is 18.5 Å². The second-order valence-corrected chi connectivity index (χ2v) is 6.41. The molecule has 0 saturated heterocycles. The van der Waals surface area contributed by atoms with Crippen molar-refractivity contribution < 1.29 is 4.79 Å². The zero-order chi connectivity index (χ0) is 14.2. The van der Waals surface area contributed by atoms with Gasteiger partial charge in [0.1, 0.15) is 0 Å². The zero-order valence-electron chi connectivity index (χ0n) is 12.1. The molecule has 1 aromatic carbocycles. The van der Waals surface area contributed by atoms with Crippen molar-refractivity contribution in [1.29, 1.82) is 0 Å². The van der Waals surface area contributed by atoms with Gasteiger partial charge in [-0.1, -0.05) is 62.4 Å². The Kier molecular flexibility index (Phi) is 6.44. The van der Waals surface area contributed by atoms with Crippen LogP contribution in [0.1, 0.15) is 44.1 Å². The Balaban J connectivity index is 1.66. The van der Waals surface area contributed by atoms with Crippen molar-refractivity contribution in [3.63, 3.8) is 0 Å². The Morgan fingerprint density at radius 3 is 2.60 bits per heavy atom. The van der Waals surface area contributed by atoms with Crippen molar-refractivity contribution in [3.05, 3.63) is 35.9 Å². The molecule has 1 amide bonds. The number of benzene rings is 1. The summed E-state index contributed by atoms with van der Waals surface area (Å²) in [5.74, 6) is 0.879. The van der Waals surface area contributed by atoms with Gasteiger partial charge in [-0.2, -0.15) is 12.6 Å². The summed E-state index contributed by atoms with van der Waals surface area (Å²) in [6.07, 6.45) is 8.60. The van der Waals surface area contributed by atoms with Crippen LogP contribution in [0.3, 0.4) is 0 Å². The molecule has 1 fully saturated rings. The summed E-state index contributed by atoms with van der Waals surface area (Å²) >= 11 is 4.42. The van der Waals surface area contributed by atoms with Crippen molar-refractivity contribution in [2.75, 3.05) is 6.54 Å². The van der Waals surface area contributed by atoms with E-state index in [-0.39, 0.29) is 11.2 Å². The van der Waals surface area contributed by atoms with Crippen molar-refractivity contribution in [1.82, 2.24) is 5.32 Å². The molecule has 20 heavy (non-hydrogen) atoms. The Bertz CT molecular complexity index is 401. The minimum Gasteiger partial charge on any atom is -0.355 e. The fraction of sp³-hybridized carbons (Fsp3) is 0.588. The van der Waals surface area contributed by atoms with Crippen LogP contribution in [0.25, 0.3) is 0 Å². The average molecular weight is 291 g/mol. The minimum absolute atomic E-state index is 0.0630. The summed E-state index contributed by atoms with van der Waals surface area (Å²) in [6.45, 7) is 0.801. The van der Waals surface area contributed by atoms with Gasteiger partial charge in [0.15, 0.2) is 0 Å². The lowest BCUT2D eigenvalue weighted by molar-refractivity contribution is -0.120. The molecule has 1 aliphatic rings. The van der Waals surface area contributed by atoms with Gasteiger partial charge in [0, 0.05) is 6.54 Å². The summed E-state index contributed by atoms with van der Waals surface area (Å²) in [4.78, 5) is 12.0. The summed E-state index contributed by atoms with van der Waals surface area (Å²) in [5.41, 5.74) is 1.16. The largest absolute Gasteiger partial charge is 0.355 e. The van der Waals surface area contributed by atoms with E-state index in [0.717, 1.165) is 24.4 Å². The van der Waals surface area contributed by atoms with Crippen LogP contribution in [0.15, 0.2) is 30.3 Å². The first-order valence-corrected chi connectivity index (χ1v) is 8.27. The van der Waals surface area contributed by atoms with E-state index in [1.54, 1.807) is 0 Å². The fourth-order valence-electron chi connectivity index (χ4n) is 2.92. The zero-order valence-corrected chi connectivity index (χ0v) is 12.9. The van der Waals surface area contributed by atoms with Gasteiger partial charge in [-0.25, -0.2) is 0 Å². The van der Waals surface area contributed by atoms with Crippen LogP contribution >= 0.6 is 12.6 Å². The van der Waals surface area contributed by atoms with Gasteiger partial charge in [0.25, 0.3) is 0 Å². The number of rotatable bonds is 6. The second-order valence-electron chi connectivity index (χ2n) is 5.79. The molecular weight excluding hydrogens is 266 g/mol. The minimum atomic E-state index is -0.247. The molecule has 0 bridgehead atoms. The Morgan fingerprint density at radius 1 is 1.20 bits per heavy atom. The van der Waals surface area contributed by atoms with Gasteiger partial charge in [-0.15, -0.1) is 0 Å². The quantitative estimate of drug-likeness (QED) is 0.770. The average Bonchev–Trinajstić information content (AvgIpc) is 2.49. The van der Waals surface area contributed by atoms with Crippen LogP contribution in [-0.4, -0.2) is 17.7 Å². The lowest BCUT2D eigenvalue weighted by Crippen LogP contribution is -2.34. The molecule has 0 heterocycles. The SMILES string of the molecule is O=C(NCCC1CCCCC1)C(S)Cc1ccccc1. The lowest BCUT2D eigenvalue weighted by atomic mass is 9.87. The number of hydrogen-bond acceptors (Lipinski definition) is 2. The van der Waals surface area contributed by atoms with Gasteiger partial charge in [0.05, 0.1) is 5.25 Å². The van der Waals surface area contributed by atoms with E-state index in [1.165, 1.54) is 32.1 Å². The summed E-state index contributed by atoms with van der Waals surface area (Å²) in [6, 6.07) is 10.1. The molecule has 1 aliphatic carbocycles. The highest BCUT2D eigenvalue weighted by Crippen LogP contribution is 2.25. The van der Waals surface area contributed by atoms with Crippen LogP contribution in [-0.2, 0) is 11.2 Å². The molecule has 2 nitrogen and oxygen atoms in total. The molecule has 0 radical (unpaired) electrons. The Labute approximate surface area is 127 Å². The van der Waals surface area contributed by atoms with Crippen molar-refractivity contribution in [3.8, 4) is 0 Å². The van der Waals surface area contributed by atoms with Crippen molar-refractivity contribution in [2.24, 2.45) is 5.92 Å². The molecule has 1 atom stereocenters. The molecule has 1 saturated carbocycles. The first kappa shape index (κ1) is 15.4. The van der Waals surface area contributed by atoms with E-state index in [2.05, 4.69) is 17.9 Å². The third-order valence-electron chi connectivity index (χ3n) is 4.15. The number of carbonyl (C=O) groups is 1. The summed E-state index contributed by atoms with van der Waals surface area (Å²) in [7, 11) is 0. The Morgan fingerprint density at radius 2 is 1.90 bits per heavy atom. The maximum atomic E-state index is 12.0. The van der Waals surface area contributed by atoms with Crippen LogP contribution in [0.4, 0.5) is 0 Å². The third kappa shape index (κ3) is 5.20. The Hall–Kier alpha value is -0.960. The van der Waals surface area contributed by atoms with Crippen molar-refractivity contribution in [2.45, 2.75) is 50.2 Å². The van der Waals surface area contributed by atoms with Crippen LogP contribution in [0.5, 0.6) is 0 Å². The predicted octanol–water partition coefficient (Wildman–Crippen LogP) is 3.61. The molecule has 0 aromatic heterocycles. The van der Waals surface area contributed by atoms with Gasteiger partial charge >= 0.3 is 0 Å². The van der Waals surface area contributed by atoms with E-state index < -0.39 is 0 Å². The van der Waals surface area contributed by atoms with E-state index in [9.17, 15) is 4.79 Å². The van der Waals surface area contributed by atoms with E-state index in [4.69, 9.17) is 0 Å². The maximum absolute atomic E-state index is 12.0. The highest BCUT2D eigenvalue weighted by Gasteiger charge is 2.16.